The molecule has 0 N–H and O–H groups in total. The third-order valence-corrected chi connectivity index (χ3v) is 8.42. The van der Waals surface area contributed by atoms with Gasteiger partial charge in [0.05, 0.1) is 18.5 Å². The highest BCUT2D eigenvalue weighted by Gasteiger charge is 2.49. The van der Waals surface area contributed by atoms with Crippen LogP contribution in [-0.2, 0) is 5.16 Å². The van der Waals surface area contributed by atoms with Crippen LogP contribution in [0.25, 0.3) is 0 Å². The van der Waals surface area contributed by atoms with Crippen molar-refractivity contribution >= 4 is 18.5 Å². The molecule has 0 nitrogen and oxygen atoms in total. The summed E-state index contributed by atoms with van der Waals surface area (Å²) in [6.45, 7) is 0. The van der Waals surface area contributed by atoms with E-state index >= 15 is 0 Å². The number of terminal acetylenes is 1. The minimum Gasteiger partial charge on any atom is -0.115 e. The summed E-state index contributed by atoms with van der Waals surface area (Å²) in [6.07, 6.45) is 6.42. The first-order valence-corrected chi connectivity index (χ1v) is 10.9. The van der Waals surface area contributed by atoms with Crippen LogP contribution in [0, 0.1) is 12.3 Å². The van der Waals surface area contributed by atoms with E-state index in [2.05, 4.69) is 115 Å². The Kier molecular flexibility index (Phi) is 5.38. The van der Waals surface area contributed by atoms with Crippen LogP contribution in [0.2, 0.25) is 0 Å². The second-order valence-electron chi connectivity index (χ2n) is 6.73. The quantitative estimate of drug-likeness (QED) is 0.321. The molecule has 0 saturated carbocycles. The highest BCUT2D eigenvalue weighted by molar-refractivity contribution is 7.74. The summed E-state index contributed by atoms with van der Waals surface area (Å²) in [6, 6.07) is 42.6. The third kappa shape index (κ3) is 3.27. The highest BCUT2D eigenvalue weighted by atomic mass is 31.1. The first-order chi connectivity index (χ1) is 13.9. The predicted molar refractivity (Wildman–Crippen MR) is 123 cm³/mol. The Morgan fingerprint density at radius 2 is 0.821 bits per heavy atom. The van der Waals surface area contributed by atoms with Crippen LogP contribution >= 0.6 is 7.92 Å². The summed E-state index contributed by atoms with van der Waals surface area (Å²) in [5.74, 6) is 3.29. The van der Waals surface area contributed by atoms with E-state index in [4.69, 9.17) is 6.42 Å². The van der Waals surface area contributed by atoms with E-state index in [-0.39, 0.29) is 0 Å². The van der Waals surface area contributed by atoms with Gasteiger partial charge in [-0.1, -0.05) is 97.1 Å². The van der Waals surface area contributed by atoms with E-state index in [1.54, 1.807) is 0 Å². The van der Waals surface area contributed by atoms with Crippen molar-refractivity contribution in [2.24, 2.45) is 0 Å². The minimum absolute atomic E-state index is 0.518. The molecule has 0 heterocycles. The monoisotopic (exact) mass is 377 g/mol. The van der Waals surface area contributed by atoms with Gasteiger partial charge in [0.15, 0.2) is 5.16 Å². The van der Waals surface area contributed by atoms with Gasteiger partial charge in [0, 0.05) is 11.1 Å². The van der Waals surface area contributed by atoms with Crippen LogP contribution in [0.15, 0.2) is 121 Å². The molecule has 1 heteroatoms. The Balaban J connectivity index is 2.07. The Morgan fingerprint density at radius 3 is 1.14 bits per heavy atom. The number of rotatable bonds is 5. The fourth-order valence-electron chi connectivity index (χ4n) is 3.88. The van der Waals surface area contributed by atoms with Gasteiger partial charge < -0.3 is 0 Å². The highest BCUT2D eigenvalue weighted by Crippen LogP contribution is 2.57. The average Bonchev–Trinajstić information content (AvgIpc) is 2.80. The molecule has 134 valence electrons. The fourth-order valence-corrected chi connectivity index (χ4v) is 7.19. The van der Waals surface area contributed by atoms with E-state index in [0.717, 1.165) is 0 Å². The molecule has 0 unspecified atom stereocenters. The molecule has 0 radical (unpaired) electrons. The lowest BCUT2D eigenvalue weighted by Crippen LogP contribution is -2.32. The lowest BCUT2D eigenvalue weighted by Gasteiger charge is -2.32. The van der Waals surface area contributed by atoms with Crippen molar-refractivity contribution in [1.82, 2.24) is 0 Å². The van der Waals surface area contributed by atoms with Crippen molar-refractivity contribution in [3.8, 4) is 12.3 Å². The third-order valence-electron chi connectivity index (χ3n) is 5.13. The smallest absolute Gasteiger partial charge is 0.115 e. The van der Waals surface area contributed by atoms with Crippen molar-refractivity contribution < 1.29 is 0 Å². The van der Waals surface area contributed by atoms with Gasteiger partial charge in [-0.05, 0) is 30.2 Å². The lowest BCUT2D eigenvalue weighted by atomic mass is 9.91. The summed E-state index contributed by atoms with van der Waals surface area (Å²) >= 11 is 0. The van der Waals surface area contributed by atoms with E-state index in [1.165, 1.54) is 21.7 Å². The first-order valence-electron chi connectivity index (χ1n) is 9.43. The zero-order chi connectivity index (χ0) is 19.2. The van der Waals surface area contributed by atoms with Crippen molar-refractivity contribution in [1.29, 1.82) is 0 Å². The molecule has 0 atom stereocenters. The average molecular weight is 377 g/mol. The molecular weight excluding hydrogens is 355 g/mol. The van der Waals surface area contributed by atoms with Crippen LogP contribution in [-0.4, -0.2) is 0 Å². The van der Waals surface area contributed by atoms with E-state index in [1.807, 2.05) is 12.1 Å². The fraction of sp³-hybridized carbons (Fsp3) is 0.0370. The van der Waals surface area contributed by atoms with Gasteiger partial charge in [0.2, 0.25) is 0 Å². The first kappa shape index (κ1) is 18.2. The number of hydrogen-bond donors (Lipinski definition) is 0. The van der Waals surface area contributed by atoms with Crippen molar-refractivity contribution in [2.75, 3.05) is 0 Å². The second kappa shape index (κ2) is 8.26. The van der Waals surface area contributed by atoms with Gasteiger partial charge in [-0.15, -0.1) is 6.42 Å². The van der Waals surface area contributed by atoms with Crippen LogP contribution in [0.3, 0.4) is 0 Å². The largest absolute Gasteiger partial charge is 0.195 e. The van der Waals surface area contributed by atoms with Gasteiger partial charge in [0.1, 0.15) is 0 Å². The molecule has 4 aromatic carbocycles. The Morgan fingerprint density at radius 1 is 0.500 bits per heavy atom. The van der Waals surface area contributed by atoms with Gasteiger partial charge in [-0.3, -0.25) is 0 Å². The van der Waals surface area contributed by atoms with Crippen molar-refractivity contribution in [3.05, 3.63) is 132 Å². The van der Waals surface area contributed by atoms with Gasteiger partial charge in [-0.25, -0.2) is 0 Å². The standard InChI is InChI=1S/C27H21P/c1-2-27(23-15-7-3-8-16-23,24-17-9-4-10-18-24)28(25-19-11-5-12-20-25)26-21-13-6-14-22-26/h1,3-22H/p+1. The minimum atomic E-state index is -1.39. The molecule has 0 aromatic heterocycles. The SMILES string of the molecule is C#CC(c1ccccc1)(c1ccccc1)[PH+](c1ccccc1)c1ccccc1. The summed E-state index contributed by atoms with van der Waals surface area (Å²) in [5.41, 5.74) is 2.34. The summed E-state index contributed by atoms with van der Waals surface area (Å²) in [7, 11) is -1.39. The van der Waals surface area contributed by atoms with Gasteiger partial charge >= 0.3 is 0 Å². The molecule has 0 bridgehead atoms. The maximum Gasteiger partial charge on any atom is 0.195 e. The zero-order valence-corrected chi connectivity index (χ0v) is 16.6. The molecule has 0 amide bonds. The zero-order valence-electron chi connectivity index (χ0n) is 15.6. The van der Waals surface area contributed by atoms with Crippen LogP contribution in [0.1, 0.15) is 11.1 Å². The van der Waals surface area contributed by atoms with Gasteiger partial charge in [-0.2, -0.15) is 0 Å². The van der Waals surface area contributed by atoms with Crippen LogP contribution < -0.4 is 10.6 Å². The lowest BCUT2D eigenvalue weighted by molar-refractivity contribution is 0.965. The molecule has 0 aliphatic rings. The molecule has 0 aliphatic heterocycles. The van der Waals surface area contributed by atoms with E-state index < -0.39 is 13.1 Å². The predicted octanol–water partition coefficient (Wildman–Crippen LogP) is 5.43. The molecular formula is C27H22P+. The molecule has 0 fully saturated rings. The van der Waals surface area contributed by atoms with E-state index in [0.29, 0.717) is 0 Å². The summed E-state index contributed by atoms with van der Waals surface area (Å²) < 4.78 is 0. The summed E-state index contributed by atoms with van der Waals surface area (Å²) in [4.78, 5) is 0. The van der Waals surface area contributed by atoms with Gasteiger partial charge in [0.25, 0.3) is 0 Å². The maximum atomic E-state index is 6.42. The van der Waals surface area contributed by atoms with Crippen molar-refractivity contribution in [3.63, 3.8) is 0 Å². The second-order valence-corrected chi connectivity index (χ2v) is 9.39. The Labute approximate surface area is 168 Å². The normalized spacial score (nSPS) is 11.1. The van der Waals surface area contributed by atoms with Crippen molar-refractivity contribution in [2.45, 2.75) is 5.16 Å². The molecule has 0 spiro atoms. The van der Waals surface area contributed by atoms with Crippen LogP contribution in [0.4, 0.5) is 0 Å². The number of hydrogen-bond acceptors (Lipinski definition) is 0. The Bertz CT molecular complexity index is 970. The Hall–Kier alpha value is -3.13. The molecule has 0 saturated heterocycles. The molecule has 4 rings (SSSR count). The summed E-state index contributed by atoms with van der Waals surface area (Å²) in [5, 5.41) is 2.10. The van der Waals surface area contributed by atoms with Crippen LogP contribution in [0.5, 0.6) is 0 Å². The topological polar surface area (TPSA) is 0 Å². The molecule has 0 aliphatic carbocycles. The number of benzene rings is 4. The molecule has 28 heavy (non-hydrogen) atoms. The maximum absolute atomic E-state index is 6.42. The molecule has 4 aromatic rings. The van der Waals surface area contributed by atoms with E-state index in [9.17, 15) is 0 Å².